The number of hydrogen-bond acceptors (Lipinski definition) is 5. The summed E-state index contributed by atoms with van der Waals surface area (Å²) in [6.45, 7) is 9.59. The van der Waals surface area contributed by atoms with Crippen molar-refractivity contribution in [2.24, 2.45) is 0 Å². The average molecular weight is 262 g/mol. The summed E-state index contributed by atoms with van der Waals surface area (Å²) < 4.78 is 17.0. The molecule has 0 aliphatic carbocycles. The average Bonchev–Trinajstić information content (AvgIpc) is 2.47. The fourth-order valence-electron chi connectivity index (χ4n) is 2.05. The minimum absolute atomic E-state index is 0.347. The molecule has 0 aromatic carbocycles. The fourth-order valence-corrected chi connectivity index (χ4v) is 2.05. The van der Waals surface area contributed by atoms with E-state index in [9.17, 15) is 0 Å². The maximum Gasteiger partial charge on any atom is 0.516 e. The zero-order valence-corrected chi connectivity index (χ0v) is 11.8. The molecule has 0 radical (unpaired) electrons. The molecule has 3 heterocycles. The summed E-state index contributed by atoms with van der Waals surface area (Å²) in [5.41, 5.74) is 1.01. The van der Waals surface area contributed by atoms with Crippen molar-refractivity contribution in [3.63, 3.8) is 0 Å². The number of nitrogens with zero attached hydrogens (tertiary/aromatic N) is 2. The second kappa shape index (κ2) is 4.26. The van der Waals surface area contributed by atoms with E-state index >= 15 is 0 Å². The second-order valence-corrected chi connectivity index (χ2v) is 6.19. The van der Waals surface area contributed by atoms with Crippen LogP contribution in [0.1, 0.15) is 39.3 Å². The summed E-state index contributed by atoms with van der Waals surface area (Å²) in [5.74, 6) is 0.389. The molecule has 1 aromatic rings. The van der Waals surface area contributed by atoms with Crippen LogP contribution in [0.3, 0.4) is 0 Å². The van der Waals surface area contributed by atoms with Gasteiger partial charge >= 0.3 is 7.12 Å². The molecule has 2 fully saturated rings. The van der Waals surface area contributed by atoms with Gasteiger partial charge in [-0.2, -0.15) is 0 Å². The Hall–Kier alpha value is -0.975. The van der Waals surface area contributed by atoms with E-state index in [1.54, 1.807) is 12.4 Å². The smallest absolute Gasteiger partial charge is 0.398 e. The Morgan fingerprint density at radius 2 is 1.68 bits per heavy atom. The molecule has 3 rings (SSSR count). The summed E-state index contributed by atoms with van der Waals surface area (Å²) in [5, 5.41) is 0. The van der Waals surface area contributed by atoms with Gasteiger partial charge in [0.05, 0.1) is 35.7 Å². The van der Waals surface area contributed by atoms with Gasteiger partial charge in [-0.1, -0.05) is 0 Å². The topological polar surface area (TPSA) is 53.5 Å². The van der Waals surface area contributed by atoms with Crippen LogP contribution in [0, 0.1) is 0 Å². The van der Waals surface area contributed by atoms with E-state index in [2.05, 4.69) is 9.97 Å². The van der Waals surface area contributed by atoms with Crippen LogP contribution in [0.2, 0.25) is 0 Å². The SMILES string of the molecule is CC1(C)OB(c2cnc(C3COC3)cn2)OC1(C)C. The Bertz CT molecular complexity index is 455. The molecule has 0 amide bonds. The highest BCUT2D eigenvalue weighted by molar-refractivity contribution is 6.61. The molecular weight excluding hydrogens is 243 g/mol. The molecule has 2 saturated heterocycles. The van der Waals surface area contributed by atoms with Crippen molar-refractivity contribution in [1.82, 2.24) is 9.97 Å². The highest BCUT2D eigenvalue weighted by atomic mass is 16.7. The van der Waals surface area contributed by atoms with E-state index in [0.717, 1.165) is 24.5 Å². The molecule has 2 aliphatic heterocycles. The molecule has 102 valence electrons. The van der Waals surface area contributed by atoms with Gasteiger partial charge in [0, 0.05) is 18.3 Å². The lowest BCUT2D eigenvalue weighted by molar-refractivity contribution is 0.00578. The van der Waals surface area contributed by atoms with Gasteiger partial charge < -0.3 is 14.0 Å². The van der Waals surface area contributed by atoms with Crippen molar-refractivity contribution in [2.45, 2.75) is 44.8 Å². The number of ether oxygens (including phenoxy) is 1. The highest BCUT2D eigenvalue weighted by Crippen LogP contribution is 2.36. The molecule has 1 aromatic heterocycles. The zero-order valence-electron chi connectivity index (χ0n) is 11.8. The summed E-state index contributed by atoms with van der Waals surface area (Å²) in [6, 6.07) is 0. The van der Waals surface area contributed by atoms with E-state index < -0.39 is 7.12 Å². The van der Waals surface area contributed by atoms with Crippen molar-refractivity contribution in [2.75, 3.05) is 13.2 Å². The third-order valence-electron chi connectivity index (χ3n) is 4.24. The molecule has 0 spiro atoms. The Morgan fingerprint density at radius 3 is 2.11 bits per heavy atom. The van der Waals surface area contributed by atoms with Gasteiger partial charge in [0.15, 0.2) is 0 Å². The van der Waals surface area contributed by atoms with E-state index in [-0.39, 0.29) is 11.2 Å². The van der Waals surface area contributed by atoms with Crippen LogP contribution < -0.4 is 5.59 Å². The monoisotopic (exact) mass is 262 g/mol. The van der Waals surface area contributed by atoms with Crippen molar-refractivity contribution in [3.8, 4) is 0 Å². The first-order chi connectivity index (χ1) is 8.89. The van der Waals surface area contributed by atoms with Gasteiger partial charge in [-0.15, -0.1) is 0 Å². The summed E-state index contributed by atoms with van der Waals surface area (Å²) in [6.07, 6.45) is 3.54. The standard InChI is InChI=1S/C13H19BN2O3/c1-12(2)13(3,4)19-14(18-12)11-6-15-10(5-16-11)9-7-17-8-9/h5-6,9H,7-8H2,1-4H3. The Labute approximate surface area is 113 Å². The molecule has 0 unspecified atom stereocenters. The Morgan fingerprint density at radius 1 is 1.05 bits per heavy atom. The Balaban J connectivity index is 1.76. The number of hydrogen-bond donors (Lipinski definition) is 0. The van der Waals surface area contributed by atoms with Crippen molar-refractivity contribution < 1.29 is 14.0 Å². The lowest BCUT2D eigenvalue weighted by Crippen LogP contribution is -2.41. The summed E-state index contributed by atoms with van der Waals surface area (Å²) in [4.78, 5) is 8.86. The first kappa shape index (κ1) is 13.0. The predicted octanol–water partition coefficient (Wildman–Crippen LogP) is 0.890. The number of rotatable bonds is 2. The molecule has 0 saturated carbocycles. The normalized spacial score (nSPS) is 25.4. The minimum Gasteiger partial charge on any atom is -0.398 e. The van der Waals surface area contributed by atoms with Gasteiger partial charge in [-0.05, 0) is 27.7 Å². The predicted molar refractivity (Wildman–Crippen MR) is 71.3 cm³/mol. The van der Waals surface area contributed by atoms with Gasteiger partial charge in [0.25, 0.3) is 0 Å². The van der Waals surface area contributed by atoms with E-state index in [1.165, 1.54) is 0 Å². The van der Waals surface area contributed by atoms with Crippen LogP contribution in [0.5, 0.6) is 0 Å². The maximum atomic E-state index is 5.94. The zero-order chi connectivity index (χ0) is 13.7. The quantitative estimate of drug-likeness (QED) is 0.741. The van der Waals surface area contributed by atoms with Gasteiger partial charge in [0.1, 0.15) is 0 Å². The second-order valence-electron chi connectivity index (χ2n) is 6.19. The first-order valence-corrected chi connectivity index (χ1v) is 6.64. The fraction of sp³-hybridized carbons (Fsp3) is 0.692. The highest BCUT2D eigenvalue weighted by Gasteiger charge is 2.52. The molecule has 5 nitrogen and oxygen atoms in total. The molecular formula is C13H19BN2O3. The molecule has 19 heavy (non-hydrogen) atoms. The van der Waals surface area contributed by atoms with Crippen LogP contribution in [0.15, 0.2) is 12.4 Å². The van der Waals surface area contributed by atoms with Crippen molar-refractivity contribution in [3.05, 3.63) is 18.1 Å². The van der Waals surface area contributed by atoms with Gasteiger partial charge in [0.2, 0.25) is 0 Å². The maximum absolute atomic E-state index is 5.94. The Kier molecular flexibility index (Phi) is 2.92. The van der Waals surface area contributed by atoms with E-state index in [1.807, 2.05) is 27.7 Å². The number of aromatic nitrogens is 2. The van der Waals surface area contributed by atoms with Crippen LogP contribution in [0.25, 0.3) is 0 Å². The lowest BCUT2D eigenvalue weighted by atomic mass is 9.85. The van der Waals surface area contributed by atoms with Crippen molar-refractivity contribution >= 4 is 12.7 Å². The molecule has 6 heteroatoms. The third-order valence-corrected chi connectivity index (χ3v) is 4.24. The molecule has 0 N–H and O–H groups in total. The van der Waals surface area contributed by atoms with Crippen LogP contribution in [0.4, 0.5) is 0 Å². The third kappa shape index (κ3) is 2.18. The lowest BCUT2D eigenvalue weighted by Gasteiger charge is -2.32. The van der Waals surface area contributed by atoms with Crippen LogP contribution in [-0.4, -0.2) is 41.5 Å². The molecule has 0 bridgehead atoms. The largest absolute Gasteiger partial charge is 0.516 e. The molecule has 0 atom stereocenters. The summed E-state index contributed by atoms with van der Waals surface area (Å²) in [7, 11) is -0.441. The van der Waals surface area contributed by atoms with E-state index in [4.69, 9.17) is 14.0 Å². The van der Waals surface area contributed by atoms with Crippen LogP contribution >= 0.6 is 0 Å². The summed E-state index contributed by atoms with van der Waals surface area (Å²) >= 11 is 0. The van der Waals surface area contributed by atoms with Crippen molar-refractivity contribution in [1.29, 1.82) is 0 Å². The van der Waals surface area contributed by atoms with Gasteiger partial charge in [-0.3, -0.25) is 9.97 Å². The first-order valence-electron chi connectivity index (χ1n) is 6.64. The van der Waals surface area contributed by atoms with Crippen LogP contribution in [-0.2, 0) is 14.0 Å². The van der Waals surface area contributed by atoms with E-state index in [0.29, 0.717) is 5.92 Å². The minimum atomic E-state index is -0.441. The molecule has 2 aliphatic rings. The van der Waals surface area contributed by atoms with Gasteiger partial charge in [-0.25, -0.2) is 0 Å².